The van der Waals surface area contributed by atoms with Gasteiger partial charge < -0.3 is 0 Å². The molecule has 1 aromatic carbocycles. The smallest absolute Gasteiger partial charge is 0.211 e. The summed E-state index contributed by atoms with van der Waals surface area (Å²) in [5, 5.41) is 0.841. The molecule has 0 fully saturated rings. The number of hydrogen-bond acceptors (Lipinski definition) is 5. The Balaban J connectivity index is 2.38. The van der Waals surface area contributed by atoms with Crippen molar-refractivity contribution < 1.29 is 16.8 Å². The summed E-state index contributed by atoms with van der Waals surface area (Å²) in [6.07, 6.45) is 0. The van der Waals surface area contributed by atoms with Crippen molar-refractivity contribution in [2.75, 3.05) is 12.3 Å². The maximum absolute atomic E-state index is 12.8. The van der Waals surface area contributed by atoms with Crippen molar-refractivity contribution in [1.29, 1.82) is 0 Å². The van der Waals surface area contributed by atoms with Crippen molar-refractivity contribution in [1.82, 2.24) is 4.72 Å². The van der Waals surface area contributed by atoms with Crippen LogP contribution >= 0.6 is 11.3 Å². The van der Waals surface area contributed by atoms with E-state index in [2.05, 4.69) is 4.72 Å². The topological polar surface area (TPSA) is 80.3 Å². The van der Waals surface area contributed by atoms with Crippen LogP contribution in [0.3, 0.4) is 0 Å². The first-order chi connectivity index (χ1) is 10.4. The lowest BCUT2D eigenvalue weighted by Crippen LogP contribution is -2.32. The summed E-state index contributed by atoms with van der Waals surface area (Å²) in [6.45, 7) is 1.34. The fourth-order valence-corrected chi connectivity index (χ4v) is 5.45. The SMILES string of the molecule is CCS(=O)(=O)NC[C@@H](c1cccs1)S(=O)(=O)c1ccccc1. The molecule has 0 radical (unpaired) electrons. The molecule has 22 heavy (non-hydrogen) atoms. The number of nitrogens with one attached hydrogen (secondary N) is 1. The lowest BCUT2D eigenvalue weighted by Gasteiger charge is -2.17. The van der Waals surface area contributed by atoms with E-state index in [-0.39, 0.29) is 17.2 Å². The Hall–Kier alpha value is -1.22. The average molecular weight is 359 g/mol. The Morgan fingerprint density at radius 3 is 2.27 bits per heavy atom. The minimum atomic E-state index is -3.67. The Labute approximate surface area is 135 Å². The van der Waals surface area contributed by atoms with Crippen LogP contribution in [0.4, 0.5) is 0 Å². The molecule has 1 aromatic heterocycles. The highest BCUT2D eigenvalue weighted by molar-refractivity contribution is 7.92. The number of sulfone groups is 1. The summed E-state index contributed by atoms with van der Waals surface area (Å²) >= 11 is 1.30. The van der Waals surface area contributed by atoms with E-state index in [9.17, 15) is 16.8 Å². The molecule has 1 N–H and O–H groups in total. The number of rotatable bonds is 7. The average Bonchev–Trinajstić information content (AvgIpc) is 3.02. The normalized spacial score (nSPS) is 13.9. The second-order valence-electron chi connectivity index (χ2n) is 4.61. The van der Waals surface area contributed by atoms with E-state index < -0.39 is 25.1 Å². The van der Waals surface area contributed by atoms with Gasteiger partial charge in [-0.2, -0.15) is 0 Å². The number of sulfonamides is 1. The monoisotopic (exact) mass is 359 g/mol. The van der Waals surface area contributed by atoms with E-state index in [1.165, 1.54) is 30.4 Å². The van der Waals surface area contributed by atoms with Gasteiger partial charge in [0, 0.05) is 11.4 Å². The third-order valence-electron chi connectivity index (χ3n) is 3.18. The van der Waals surface area contributed by atoms with Crippen molar-refractivity contribution in [2.45, 2.75) is 17.1 Å². The fraction of sp³-hybridized carbons (Fsp3) is 0.286. The molecule has 2 rings (SSSR count). The number of hydrogen-bond donors (Lipinski definition) is 1. The Kier molecular flexibility index (Phi) is 5.38. The third-order valence-corrected chi connectivity index (χ3v) is 7.78. The van der Waals surface area contributed by atoms with Crippen LogP contribution in [0, 0.1) is 0 Å². The Morgan fingerprint density at radius 1 is 1.05 bits per heavy atom. The minimum Gasteiger partial charge on any atom is -0.223 e. The molecule has 2 aromatic rings. The number of thiophene rings is 1. The van der Waals surface area contributed by atoms with Crippen LogP contribution in [0.2, 0.25) is 0 Å². The van der Waals surface area contributed by atoms with Crippen LogP contribution in [0.5, 0.6) is 0 Å². The van der Waals surface area contributed by atoms with Gasteiger partial charge in [-0.25, -0.2) is 21.6 Å². The first-order valence-electron chi connectivity index (χ1n) is 6.66. The van der Waals surface area contributed by atoms with E-state index in [1.807, 2.05) is 0 Å². The molecule has 1 atom stereocenters. The quantitative estimate of drug-likeness (QED) is 0.822. The fourth-order valence-electron chi connectivity index (χ4n) is 1.92. The second-order valence-corrected chi connectivity index (χ2v) is 9.82. The molecule has 8 heteroatoms. The van der Waals surface area contributed by atoms with Gasteiger partial charge in [-0.15, -0.1) is 11.3 Å². The molecule has 0 saturated heterocycles. The van der Waals surface area contributed by atoms with Crippen molar-refractivity contribution in [2.24, 2.45) is 0 Å². The summed E-state index contributed by atoms with van der Waals surface area (Å²) < 4.78 is 51.3. The summed E-state index contributed by atoms with van der Waals surface area (Å²) in [5.41, 5.74) is 0. The van der Waals surface area contributed by atoms with Gasteiger partial charge in [0.1, 0.15) is 5.25 Å². The second kappa shape index (κ2) is 6.91. The zero-order valence-electron chi connectivity index (χ0n) is 12.0. The largest absolute Gasteiger partial charge is 0.223 e. The van der Waals surface area contributed by atoms with Gasteiger partial charge >= 0.3 is 0 Å². The molecule has 0 spiro atoms. The molecule has 120 valence electrons. The molecule has 5 nitrogen and oxygen atoms in total. The van der Waals surface area contributed by atoms with E-state index in [1.54, 1.807) is 35.7 Å². The highest BCUT2D eigenvalue weighted by atomic mass is 32.2. The molecule has 0 aliphatic rings. The molecular weight excluding hydrogens is 342 g/mol. The Morgan fingerprint density at radius 2 is 1.73 bits per heavy atom. The molecule has 0 unspecified atom stereocenters. The van der Waals surface area contributed by atoms with Gasteiger partial charge in [0.15, 0.2) is 9.84 Å². The predicted octanol–water partition coefficient (Wildman–Crippen LogP) is 2.20. The standard InChI is InChI=1S/C14H17NO4S3/c1-2-21(16,17)15-11-14(13-9-6-10-20-13)22(18,19)12-7-4-3-5-8-12/h3-10,14-15H,2,11H2,1H3/t14-/m0/s1. The van der Waals surface area contributed by atoms with Gasteiger partial charge in [-0.3, -0.25) is 0 Å². The number of benzene rings is 1. The summed E-state index contributed by atoms with van der Waals surface area (Å²) in [4.78, 5) is 0.798. The van der Waals surface area contributed by atoms with Crippen LogP contribution < -0.4 is 4.72 Å². The molecule has 0 amide bonds. The molecule has 0 aliphatic heterocycles. The lowest BCUT2D eigenvalue weighted by atomic mass is 10.3. The van der Waals surface area contributed by atoms with Crippen LogP contribution in [0.15, 0.2) is 52.7 Å². The molecule has 1 heterocycles. The lowest BCUT2D eigenvalue weighted by molar-refractivity contribution is 0.570. The van der Waals surface area contributed by atoms with Gasteiger partial charge in [0.05, 0.1) is 10.6 Å². The van der Waals surface area contributed by atoms with E-state index in [0.29, 0.717) is 4.88 Å². The molecule has 0 aliphatic carbocycles. The van der Waals surface area contributed by atoms with Gasteiger partial charge in [-0.1, -0.05) is 24.3 Å². The van der Waals surface area contributed by atoms with Crippen molar-refractivity contribution in [3.8, 4) is 0 Å². The van der Waals surface area contributed by atoms with Gasteiger partial charge in [-0.05, 0) is 30.5 Å². The highest BCUT2D eigenvalue weighted by Crippen LogP contribution is 2.31. The third kappa shape index (κ3) is 3.95. The molecule has 0 bridgehead atoms. The first kappa shape index (κ1) is 17.1. The van der Waals surface area contributed by atoms with Crippen LogP contribution in [0.1, 0.15) is 17.1 Å². The van der Waals surface area contributed by atoms with E-state index in [4.69, 9.17) is 0 Å². The summed E-state index contributed by atoms with van der Waals surface area (Å²) in [6, 6.07) is 11.5. The predicted molar refractivity (Wildman–Crippen MR) is 88.2 cm³/mol. The molecular formula is C14H17NO4S3. The summed E-state index contributed by atoms with van der Waals surface area (Å²) in [5.74, 6) is -0.0878. The minimum absolute atomic E-state index is 0.0878. The van der Waals surface area contributed by atoms with E-state index >= 15 is 0 Å². The first-order valence-corrected chi connectivity index (χ1v) is 10.7. The van der Waals surface area contributed by atoms with Crippen molar-refractivity contribution >= 4 is 31.2 Å². The van der Waals surface area contributed by atoms with Crippen LogP contribution in [0.25, 0.3) is 0 Å². The maximum Gasteiger partial charge on any atom is 0.211 e. The van der Waals surface area contributed by atoms with Crippen LogP contribution in [-0.4, -0.2) is 29.1 Å². The van der Waals surface area contributed by atoms with Crippen LogP contribution in [-0.2, 0) is 19.9 Å². The summed E-state index contributed by atoms with van der Waals surface area (Å²) in [7, 11) is -7.13. The molecule has 0 saturated carbocycles. The van der Waals surface area contributed by atoms with Crippen molar-refractivity contribution in [3.05, 3.63) is 52.7 Å². The highest BCUT2D eigenvalue weighted by Gasteiger charge is 2.30. The van der Waals surface area contributed by atoms with Crippen molar-refractivity contribution in [3.63, 3.8) is 0 Å². The zero-order chi connectivity index (χ0) is 16.2. The van der Waals surface area contributed by atoms with Gasteiger partial charge in [0.25, 0.3) is 0 Å². The van der Waals surface area contributed by atoms with Gasteiger partial charge in [0.2, 0.25) is 10.0 Å². The Bertz CT molecular complexity index is 797. The zero-order valence-corrected chi connectivity index (χ0v) is 14.4. The van der Waals surface area contributed by atoms with E-state index in [0.717, 1.165) is 0 Å². The maximum atomic E-state index is 12.8.